The fourth-order valence-electron chi connectivity index (χ4n) is 2.07. The first-order valence-corrected chi connectivity index (χ1v) is 7.63. The molecule has 5 nitrogen and oxygen atoms in total. The van der Waals surface area contributed by atoms with Crippen molar-refractivity contribution < 1.29 is 4.79 Å². The standard InChI is InChI=1S/C15H16N4OS/c1-9(2)14(20)17-15-19-18-13(21-15)7-10-8-16-12-6-4-3-5-11(10)12/h3-6,8-9,16H,7H2,1-2H3,(H,17,19,20). The summed E-state index contributed by atoms with van der Waals surface area (Å²) in [4.78, 5) is 14.9. The third kappa shape index (κ3) is 2.95. The van der Waals surface area contributed by atoms with Crippen molar-refractivity contribution in [2.24, 2.45) is 5.92 Å². The second-order valence-electron chi connectivity index (χ2n) is 5.18. The van der Waals surface area contributed by atoms with E-state index in [-0.39, 0.29) is 11.8 Å². The van der Waals surface area contributed by atoms with Gasteiger partial charge in [-0.3, -0.25) is 4.79 Å². The highest BCUT2D eigenvalue weighted by Crippen LogP contribution is 2.24. The summed E-state index contributed by atoms with van der Waals surface area (Å²) in [6.07, 6.45) is 2.71. The van der Waals surface area contributed by atoms with Gasteiger partial charge in [-0.05, 0) is 11.6 Å². The molecule has 0 atom stereocenters. The van der Waals surface area contributed by atoms with Crippen LogP contribution in [0.15, 0.2) is 30.5 Å². The van der Waals surface area contributed by atoms with Crippen LogP contribution in [-0.2, 0) is 11.2 Å². The topological polar surface area (TPSA) is 70.7 Å². The number of para-hydroxylation sites is 1. The summed E-state index contributed by atoms with van der Waals surface area (Å²) in [6.45, 7) is 3.70. The first-order chi connectivity index (χ1) is 10.1. The maximum absolute atomic E-state index is 11.6. The molecule has 0 unspecified atom stereocenters. The van der Waals surface area contributed by atoms with Crippen LogP contribution in [0.1, 0.15) is 24.4 Å². The maximum atomic E-state index is 11.6. The molecule has 0 aliphatic heterocycles. The molecule has 0 spiro atoms. The molecule has 0 saturated carbocycles. The highest BCUT2D eigenvalue weighted by atomic mass is 32.1. The summed E-state index contributed by atoms with van der Waals surface area (Å²) >= 11 is 1.42. The van der Waals surface area contributed by atoms with Crippen LogP contribution >= 0.6 is 11.3 Å². The lowest BCUT2D eigenvalue weighted by atomic mass is 10.1. The summed E-state index contributed by atoms with van der Waals surface area (Å²) in [7, 11) is 0. The number of fused-ring (bicyclic) bond motifs is 1. The molecule has 0 fully saturated rings. The molecule has 6 heteroatoms. The highest BCUT2D eigenvalue weighted by molar-refractivity contribution is 7.15. The summed E-state index contributed by atoms with van der Waals surface area (Å²) in [6, 6.07) is 8.16. The molecule has 3 aromatic rings. The molecular formula is C15H16N4OS. The number of aromatic amines is 1. The number of anilines is 1. The number of hydrogen-bond donors (Lipinski definition) is 2. The lowest BCUT2D eigenvalue weighted by Gasteiger charge is -2.02. The van der Waals surface area contributed by atoms with E-state index in [0.717, 1.165) is 10.5 Å². The van der Waals surface area contributed by atoms with Crippen LogP contribution in [0.4, 0.5) is 5.13 Å². The van der Waals surface area contributed by atoms with Crippen LogP contribution in [-0.4, -0.2) is 21.1 Å². The number of H-pyrrole nitrogens is 1. The summed E-state index contributed by atoms with van der Waals surface area (Å²) in [5.74, 6) is -0.101. The summed E-state index contributed by atoms with van der Waals surface area (Å²) in [5, 5.41) is 13.6. The van der Waals surface area contributed by atoms with E-state index < -0.39 is 0 Å². The zero-order chi connectivity index (χ0) is 14.8. The highest BCUT2D eigenvalue weighted by Gasteiger charge is 2.12. The van der Waals surface area contributed by atoms with Crippen molar-refractivity contribution in [1.82, 2.24) is 15.2 Å². The van der Waals surface area contributed by atoms with Gasteiger partial charge < -0.3 is 10.3 Å². The molecule has 2 N–H and O–H groups in total. The molecule has 0 saturated heterocycles. The van der Waals surface area contributed by atoms with E-state index in [9.17, 15) is 4.79 Å². The zero-order valence-electron chi connectivity index (χ0n) is 11.9. The smallest absolute Gasteiger partial charge is 0.228 e. The number of carbonyl (C=O) groups excluding carboxylic acids is 1. The summed E-state index contributed by atoms with van der Waals surface area (Å²) in [5.41, 5.74) is 2.30. The van der Waals surface area contributed by atoms with Gasteiger partial charge in [-0.25, -0.2) is 0 Å². The lowest BCUT2D eigenvalue weighted by molar-refractivity contribution is -0.118. The molecule has 1 aromatic carbocycles. The van der Waals surface area contributed by atoms with Gasteiger partial charge in [-0.1, -0.05) is 43.4 Å². The third-order valence-corrected chi connectivity index (χ3v) is 4.08. The van der Waals surface area contributed by atoms with Crippen LogP contribution in [0, 0.1) is 5.92 Å². The minimum Gasteiger partial charge on any atom is -0.361 e. The fourth-order valence-corrected chi connectivity index (χ4v) is 2.83. The Balaban J connectivity index is 1.77. The predicted molar refractivity (Wildman–Crippen MR) is 84.5 cm³/mol. The number of carbonyl (C=O) groups is 1. The normalized spacial score (nSPS) is 11.2. The fraction of sp³-hybridized carbons (Fsp3) is 0.267. The average Bonchev–Trinajstić information content (AvgIpc) is 3.07. The van der Waals surface area contributed by atoms with E-state index in [1.165, 1.54) is 22.3 Å². The number of amides is 1. The Morgan fingerprint density at radius 2 is 2.14 bits per heavy atom. The quantitative estimate of drug-likeness (QED) is 0.777. The molecule has 0 bridgehead atoms. The van der Waals surface area contributed by atoms with Crippen molar-refractivity contribution >= 4 is 33.3 Å². The van der Waals surface area contributed by atoms with Crippen LogP contribution < -0.4 is 5.32 Å². The molecule has 21 heavy (non-hydrogen) atoms. The van der Waals surface area contributed by atoms with Gasteiger partial charge in [-0.15, -0.1) is 10.2 Å². The third-order valence-electron chi connectivity index (χ3n) is 3.24. The number of nitrogens with one attached hydrogen (secondary N) is 2. The van der Waals surface area contributed by atoms with E-state index in [1.54, 1.807) is 0 Å². The van der Waals surface area contributed by atoms with E-state index in [1.807, 2.05) is 38.2 Å². The van der Waals surface area contributed by atoms with Gasteiger partial charge in [-0.2, -0.15) is 0 Å². The van der Waals surface area contributed by atoms with Crippen molar-refractivity contribution in [2.45, 2.75) is 20.3 Å². The molecule has 1 amide bonds. The molecule has 2 heterocycles. The number of nitrogens with zero attached hydrogens (tertiary/aromatic N) is 2. The molecule has 0 aliphatic carbocycles. The van der Waals surface area contributed by atoms with Crippen LogP contribution in [0.3, 0.4) is 0 Å². The Morgan fingerprint density at radius 1 is 1.33 bits per heavy atom. The predicted octanol–water partition coefficient (Wildman–Crippen LogP) is 3.20. The Hall–Kier alpha value is -2.21. The first-order valence-electron chi connectivity index (χ1n) is 6.81. The number of rotatable bonds is 4. The van der Waals surface area contributed by atoms with Gasteiger partial charge >= 0.3 is 0 Å². The molecule has 2 aromatic heterocycles. The molecular weight excluding hydrogens is 284 g/mol. The molecule has 108 valence electrons. The van der Waals surface area contributed by atoms with E-state index in [4.69, 9.17) is 0 Å². The molecule has 0 aliphatic rings. The number of hydrogen-bond acceptors (Lipinski definition) is 4. The molecule has 0 radical (unpaired) electrons. The monoisotopic (exact) mass is 300 g/mol. The molecule has 3 rings (SSSR count). The Labute approximate surface area is 126 Å². The second kappa shape index (κ2) is 5.65. The van der Waals surface area contributed by atoms with E-state index >= 15 is 0 Å². The van der Waals surface area contributed by atoms with Crippen molar-refractivity contribution in [2.75, 3.05) is 5.32 Å². The maximum Gasteiger partial charge on any atom is 0.228 e. The first kappa shape index (κ1) is 13.8. The summed E-state index contributed by atoms with van der Waals surface area (Å²) < 4.78 is 0. The van der Waals surface area contributed by atoms with Crippen LogP contribution in [0.25, 0.3) is 10.9 Å². The Bertz CT molecular complexity index is 775. The van der Waals surface area contributed by atoms with Crippen molar-refractivity contribution in [1.29, 1.82) is 0 Å². The second-order valence-corrected chi connectivity index (χ2v) is 6.24. The van der Waals surface area contributed by atoms with Crippen LogP contribution in [0.2, 0.25) is 0 Å². The van der Waals surface area contributed by atoms with Gasteiger partial charge in [0.2, 0.25) is 11.0 Å². The number of aromatic nitrogens is 3. The minimum atomic E-state index is -0.0639. The zero-order valence-corrected chi connectivity index (χ0v) is 12.7. The number of benzene rings is 1. The minimum absolute atomic E-state index is 0.0372. The SMILES string of the molecule is CC(C)C(=O)Nc1nnc(Cc2c[nH]c3ccccc23)s1. The van der Waals surface area contributed by atoms with Crippen LogP contribution in [0.5, 0.6) is 0 Å². The Kier molecular flexibility index (Phi) is 3.70. The average molecular weight is 300 g/mol. The van der Waals surface area contributed by atoms with Crippen molar-refractivity contribution in [3.05, 3.63) is 41.0 Å². The van der Waals surface area contributed by atoms with Gasteiger partial charge in [0.05, 0.1) is 0 Å². The van der Waals surface area contributed by atoms with Gasteiger partial charge in [0.1, 0.15) is 5.01 Å². The van der Waals surface area contributed by atoms with Crippen molar-refractivity contribution in [3.8, 4) is 0 Å². The van der Waals surface area contributed by atoms with E-state index in [0.29, 0.717) is 11.6 Å². The Morgan fingerprint density at radius 3 is 2.95 bits per heavy atom. The van der Waals surface area contributed by atoms with Crippen molar-refractivity contribution in [3.63, 3.8) is 0 Å². The van der Waals surface area contributed by atoms with Gasteiger partial charge in [0.25, 0.3) is 0 Å². The van der Waals surface area contributed by atoms with Gasteiger partial charge in [0.15, 0.2) is 0 Å². The largest absolute Gasteiger partial charge is 0.361 e. The van der Waals surface area contributed by atoms with Gasteiger partial charge in [0, 0.05) is 29.4 Å². The lowest BCUT2D eigenvalue weighted by Crippen LogP contribution is -2.17. The van der Waals surface area contributed by atoms with E-state index in [2.05, 4.69) is 26.6 Å².